The van der Waals surface area contributed by atoms with Crippen LogP contribution >= 0.6 is 0 Å². The first-order valence-electron chi connectivity index (χ1n) is 9.25. The third-order valence-electron chi connectivity index (χ3n) is 5.08. The maximum Gasteiger partial charge on any atom is 0.142 e. The second-order valence-corrected chi connectivity index (χ2v) is 6.88. The average Bonchev–Trinajstić information content (AvgIpc) is 2.69. The van der Waals surface area contributed by atoms with Crippen LogP contribution in [0.4, 0.5) is 5.82 Å². The minimum absolute atomic E-state index is 0.155. The van der Waals surface area contributed by atoms with E-state index in [9.17, 15) is 5.11 Å². The maximum atomic E-state index is 9.53. The van der Waals surface area contributed by atoms with Crippen LogP contribution in [0, 0.1) is 18.3 Å². The molecular formula is C21H26N4O2. The fraction of sp³-hybridized carbons (Fsp3) is 0.429. The van der Waals surface area contributed by atoms with Gasteiger partial charge in [0.1, 0.15) is 23.3 Å². The van der Waals surface area contributed by atoms with Gasteiger partial charge in [0.25, 0.3) is 0 Å². The quantitative estimate of drug-likeness (QED) is 0.846. The van der Waals surface area contributed by atoms with E-state index >= 15 is 0 Å². The molecule has 1 atom stereocenters. The number of hydrogen-bond acceptors (Lipinski definition) is 6. The Bertz CT molecular complexity index is 818. The molecule has 1 aliphatic heterocycles. The van der Waals surface area contributed by atoms with Gasteiger partial charge in [0.05, 0.1) is 7.11 Å². The Morgan fingerprint density at radius 2 is 2.15 bits per heavy atom. The topological polar surface area (TPSA) is 72.6 Å². The molecule has 1 aromatic carbocycles. The number of aryl methyl sites for hydroxylation is 1. The number of pyridine rings is 1. The second-order valence-electron chi connectivity index (χ2n) is 6.88. The predicted octanol–water partition coefficient (Wildman–Crippen LogP) is 2.34. The molecule has 1 aliphatic rings. The molecule has 0 radical (unpaired) electrons. The molecule has 0 bridgehead atoms. The van der Waals surface area contributed by atoms with E-state index in [0.717, 1.165) is 43.3 Å². The van der Waals surface area contributed by atoms with E-state index < -0.39 is 0 Å². The summed E-state index contributed by atoms with van der Waals surface area (Å²) in [5.74, 6) is 1.73. The Labute approximate surface area is 160 Å². The molecule has 0 saturated carbocycles. The van der Waals surface area contributed by atoms with E-state index in [1.165, 1.54) is 5.56 Å². The largest absolute Gasteiger partial charge is 0.496 e. The lowest BCUT2D eigenvalue weighted by atomic mass is 10.1. The molecule has 1 saturated heterocycles. The molecule has 0 amide bonds. The number of benzene rings is 1. The number of rotatable bonds is 6. The van der Waals surface area contributed by atoms with Crippen molar-refractivity contribution in [1.29, 1.82) is 5.26 Å². The van der Waals surface area contributed by atoms with Crippen molar-refractivity contribution in [2.45, 2.75) is 25.9 Å². The van der Waals surface area contributed by atoms with Gasteiger partial charge in [-0.05, 0) is 42.7 Å². The van der Waals surface area contributed by atoms with Gasteiger partial charge in [-0.15, -0.1) is 0 Å². The van der Waals surface area contributed by atoms with Crippen molar-refractivity contribution in [3.05, 3.63) is 53.2 Å². The van der Waals surface area contributed by atoms with Crippen molar-refractivity contribution in [2.75, 3.05) is 38.3 Å². The normalized spacial score (nSPS) is 17.6. The van der Waals surface area contributed by atoms with Gasteiger partial charge in [-0.25, -0.2) is 4.98 Å². The van der Waals surface area contributed by atoms with Gasteiger partial charge >= 0.3 is 0 Å². The van der Waals surface area contributed by atoms with E-state index in [-0.39, 0.29) is 12.6 Å². The highest BCUT2D eigenvalue weighted by atomic mass is 16.5. The number of ether oxygens (including phenoxy) is 1. The third-order valence-corrected chi connectivity index (χ3v) is 5.08. The summed E-state index contributed by atoms with van der Waals surface area (Å²) in [5.41, 5.74) is 2.81. The first-order valence-corrected chi connectivity index (χ1v) is 9.25. The van der Waals surface area contributed by atoms with Crippen LogP contribution in [0.1, 0.15) is 23.2 Å². The van der Waals surface area contributed by atoms with Gasteiger partial charge in [-0.3, -0.25) is 4.90 Å². The summed E-state index contributed by atoms with van der Waals surface area (Å²) >= 11 is 0. The zero-order valence-electron chi connectivity index (χ0n) is 15.9. The SMILES string of the molecule is COc1ccc(CN2CCN(c3cccc(C#N)n3)C[C@H]2CCO)cc1C. The number of piperazine rings is 1. The Hall–Kier alpha value is -2.62. The molecule has 2 aromatic rings. The van der Waals surface area contributed by atoms with Crippen LogP contribution in [0.5, 0.6) is 5.75 Å². The van der Waals surface area contributed by atoms with Crippen LogP contribution in [0.3, 0.4) is 0 Å². The number of methoxy groups -OCH3 is 1. The highest BCUT2D eigenvalue weighted by Gasteiger charge is 2.27. The second kappa shape index (κ2) is 8.85. The molecule has 27 heavy (non-hydrogen) atoms. The zero-order chi connectivity index (χ0) is 19.2. The average molecular weight is 366 g/mol. The number of aliphatic hydroxyl groups excluding tert-OH is 1. The van der Waals surface area contributed by atoms with E-state index in [0.29, 0.717) is 12.1 Å². The lowest BCUT2D eigenvalue weighted by Crippen LogP contribution is -2.53. The van der Waals surface area contributed by atoms with Crippen molar-refractivity contribution in [1.82, 2.24) is 9.88 Å². The molecule has 0 aliphatic carbocycles. The number of aliphatic hydroxyl groups is 1. The van der Waals surface area contributed by atoms with Crippen LogP contribution in [0.25, 0.3) is 0 Å². The first kappa shape index (κ1) is 19.2. The van der Waals surface area contributed by atoms with Crippen LogP contribution in [-0.4, -0.2) is 54.4 Å². The highest BCUT2D eigenvalue weighted by molar-refractivity contribution is 5.42. The van der Waals surface area contributed by atoms with E-state index in [1.54, 1.807) is 13.2 Å². The first-order chi connectivity index (χ1) is 13.1. The van der Waals surface area contributed by atoms with Crippen molar-refractivity contribution in [2.24, 2.45) is 0 Å². The predicted molar refractivity (Wildman–Crippen MR) is 105 cm³/mol. The van der Waals surface area contributed by atoms with E-state index in [1.807, 2.05) is 18.2 Å². The summed E-state index contributed by atoms with van der Waals surface area (Å²) in [5, 5.41) is 18.6. The van der Waals surface area contributed by atoms with Gasteiger partial charge in [-0.1, -0.05) is 18.2 Å². The fourth-order valence-corrected chi connectivity index (χ4v) is 3.67. The van der Waals surface area contributed by atoms with Gasteiger partial charge < -0.3 is 14.7 Å². The summed E-state index contributed by atoms with van der Waals surface area (Å²) in [6.07, 6.45) is 0.712. The van der Waals surface area contributed by atoms with Crippen molar-refractivity contribution < 1.29 is 9.84 Å². The molecule has 1 N–H and O–H groups in total. The molecule has 1 fully saturated rings. The lowest BCUT2D eigenvalue weighted by Gasteiger charge is -2.42. The molecule has 3 rings (SSSR count). The zero-order valence-corrected chi connectivity index (χ0v) is 15.9. The van der Waals surface area contributed by atoms with Crippen LogP contribution in [0.15, 0.2) is 36.4 Å². The molecule has 0 spiro atoms. The number of aromatic nitrogens is 1. The number of hydrogen-bond donors (Lipinski definition) is 1. The van der Waals surface area contributed by atoms with Gasteiger partial charge in [0.15, 0.2) is 0 Å². The summed E-state index contributed by atoms with van der Waals surface area (Å²) in [4.78, 5) is 9.04. The highest BCUT2D eigenvalue weighted by Crippen LogP contribution is 2.23. The minimum Gasteiger partial charge on any atom is -0.496 e. The number of nitriles is 1. The number of nitrogens with zero attached hydrogens (tertiary/aromatic N) is 4. The van der Waals surface area contributed by atoms with Crippen LogP contribution in [-0.2, 0) is 6.54 Å². The van der Waals surface area contributed by atoms with Crippen molar-refractivity contribution >= 4 is 5.82 Å². The summed E-state index contributed by atoms with van der Waals surface area (Å²) in [6.45, 7) is 5.57. The fourth-order valence-electron chi connectivity index (χ4n) is 3.67. The maximum absolute atomic E-state index is 9.53. The molecule has 2 heterocycles. The summed E-state index contributed by atoms with van der Waals surface area (Å²) in [7, 11) is 1.69. The van der Waals surface area contributed by atoms with Crippen molar-refractivity contribution in [3.63, 3.8) is 0 Å². The Morgan fingerprint density at radius 1 is 1.30 bits per heavy atom. The van der Waals surface area contributed by atoms with Gasteiger partial charge in [0, 0.05) is 38.8 Å². The lowest BCUT2D eigenvalue weighted by molar-refractivity contribution is 0.135. The molecule has 0 unspecified atom stereocenters. The third kappa shape index (κ3) is 4.57. The standard InChI is InChI=1S/C21H26N4O2/c1-16-12-17(6-7-20(16)27-2)14-24-9-10-25(15-19(24)8-11-26)21-5-3-4-18(13-22)23-21/h3-7,12,19,26H,8-11,14-15H2,1-2H3/t19-/m1/s1. The monoisotopic (exact) mass is 366 g/mol. The molecule has 6 heteroatoms. The van der Waals surface area contributed by atoms with E-state index in [2.05, 4.69) is 39.9 Å². The Balaban J connectivity index is 1.72. The smallest absolute Gasteiger partial charge is 0.142 e. The van der Waals surface area contributed by atoms with Crippen LogP contribution in [0.2, 0.25) is 0 Å². The molecule has 6 nitrogen and oxygen atoms in total. The molecule has 142 valence electrons. The van der Waals surface area contributed by atoms with Gasteiger partial charge in [0.2, 0.25) is 0 Å². The van der Waals surface area contributed by atoms with E-state index in [4.69, 9.17) is 10.00 Å². The molecular weight excluding hydrogens is 340 g/mol. The minimum atomic E-state index is 0.155. The van der Waals surface area contributed by atoms with Gasteiger partial charge in [-0.2, -0.15) is 5.26 Å². The number of anilines is 1. The Morgan fingerprint density at radius 3 is 2.85 bits per heavy atom. The van der Waals surface area contributed by atoms with Crippen LogP contribution < -0.4 is 9.64 Å². The van der Waals surface area contributed by atoms with Crippen molar-refractivity contribution in [3.8, 4) is 11.8 Å². The Kier molecular flexibility index (Phi) is 6.28. The summed E-state index contributed by atoms with van der Waals surface area (Å²) in [6, 6.07) is 14.2. The summed E-state index contributed by atoms with van der Waals surface area (Å²) < 4.78 is 5.35. The molecule has 1 aromatic heterocycles.